The summed E-state index contributed by atoms with van der Waals surface area (Å²) in [5.41, 5.74) is 0. The molecule has 1 aliphatic heterocycles. The van der Waals surface area contributed by atoms with Crippen molar-refractivity contribution in [2.45, 2.75) is 19.3 Å². The molecule has 1 aliphatic rings. The Bertz CT molecular complexity index is 335. The zero-order chi connectivity index (χ0) is 11.2. The fourth-order valence-electron chi connectivity index (χ4n) is 1.92. The lowest BCUT2D eigenvalue weighted by Gasteiger charge is -2.21. The Morgan fingerprint density at radius 3 is 3.19 bits per heavy atom. The lowest BCUT2D eigenvalue weighted by molar-refractivity contribution is -0.117. The van der Waals surface area contributed by atoms with Crippen LogP contribution in [0.4, 0.5) is 5.82 Å². The van der Waals surface area contributed by atoms with Gasteiger partial charge in [0.1, 0.15) is 0 Å². The van der Waals surface area contributed by atoms with Gasteiger partial charge in [0.05, 0.1) is 6.20 Å². The third-order valence-corrected chi connectivity index (χ3v) is 2.70. The van der Waals surface area contributed by atoms with Gasteiger partial charge in [-0.2, -0.15) is 0 Å². The van der Waals surface area contributed by atoms with E-state index in [4.69, 9.17) is 0 Å². The fraction of sp³-hybridized carbons (Fsp3) is 0.545. The molecule has 5 heteroatoms. The van der Waals surface area contributed by atoms with Gasteiger partial charge in [-0.05, 0) is 31.8 Å². The summed E-state index contributed by atoms with van der Waals surface area (Å²) >= 11 is 0. The van der Waals surface area contributed by atoms with Gasteiger partial charge in [-0.15, -0.1) is 0 Å². The fourth-order valence-corrected chi connectivity index (χ4v) is 1.92. The van der Waals surface area contributed by atoms with Gasteiger partial charge in [0.25, 0.3) is 0 Å². The van der Waals surface area contributed by atoms with Crippen LogP contribution < -0.4 is 10.6 Å². The Labute approximate surface area is 94.7 Å². The average molecular weight is 220 g/mol. The second-order valence-electron chi connectivity index (χ2n) is 4.06. The van der Waals surface area contributed by atoms with E-state index in [1.54, 1.807) is 18.6 Å². The Kier molecular flexibility index (Phi) is 3.82. The van der Waals surface area contributed by atoms with Crippen molar-refractivity contribution >= 4 is 11.7 Å². The number of hydrogen-bond donors (Lipinski definition) is 2. The zero-order valence-electron chi connectivity index (χ0n) is 9.15. The summed E-state index contributed by atoms with van der Waals surface area (Å²) < 4.78 is 0. The van der Waals surface area contributed by atoms with Gasteiger partial charge in [0.15, 0.2) is 5.82 Å². The summed E-state index contributed by atoms with van der Waals surface area (Å²) in [6.45, 7) is 2.01. The van der Waals surface area contributed by atoms with Gasteiger partial charge < -0.3 is 10.6 Å². The molecule has 0 aromatic carbocycles. The third kappa shape index (κ3) is 3.27. The number of carbonyl (C=O) groups is 1. The topological polar surface area (TPSA) is 66.9 Å². The van der Waals surface area contributed by atoms with Crippen LogP contribution in [0.3, 0.4) is 0 Å². The highest BCUT2D eigenvalue weighted by Gasteiger charge is 2.16. The number of rotatable bonds is 3. The Morgan fingerprint density at radius 1 is 1.56 bits per heavy atom. The van der Waals surface area contributed by atoms with Gasteiger partial charge in [-0.25, -0.2) is 4.98 Å². The molecule has 0 spiro atoms. The van der Waals surface area contributed by atoms with Crippen LogP contribution in [0.5, 0.6) is 0 Å². The van der Waals surface area contributed by atoms with Gasteiger partial charge >= 0.3 is 0 Å². The van der Waals surface area contributed by atoms with Gasteiger partial charge in [-0.3, -0.25) is 9.78 Å². The van der Waals surface area contributed by atoms with E-state index in [1.165, 1.54) is 0 Å². The van der Waals surface area contributed by atoms with E-state index in [9.17, 15) is 4.79 Å². The lowest BCUT2D eigenvalue weighted by Crippen LogP contribution is -2.32. The number of nitrogens with one attached hydrogen (secondary N) is 2. The Morgan fingerprint density at radius 2 is 2.50 bits per heavy atom. The molecular formula is C11H16N4O. The maximum atomic E-state index is 11.7. The second-order valence-corrected chi connectivity index (χ2v) is 4.06. The van der Waals surface area contributed by atoms with Crippen molar-refractivity contribution in [3.8, 4) is 0 Å². The van der Waals surface area contributed by atoms with Crippen LogP contribution in [0.2, 0.25) is 0 Å². The predicted octanol–water partition coefficient (Wildman–Crippen LogP) is 0.805. The molecule has 1 aromatic rings. The summed E-state index contributed by atoms with van der Waals surface area (Å²) in [6.07, 6.45) is 7.54. The van der Waals surface area contributed by atoms with Crippen molar-refractivity contribution in [1.82, 2.24) is 15.3 Å². The molecule has 1 amide bonds. The van der Waals surface area contributed by atoms with E-state index >= 15 is 0 Å². The normalized spacial score (nSPS) is 20.4. The van der Waals surface area contributed by atoms with Crippen molar-refractivity contribution in [1.29, 1.82) is 0 Å². The maximum absolute atomic E-state index is 11.7. The first-order valence-electron chi connectivity index (χ1n) is 5.61. The van der Waals surface area contributed by atoms with E-state index in [0.717, 1.165) is 25.9 Å². The number of aromatic nitrogens is 2. The van der Waals surface area contributed by atoms with Gasteiger partial charge in [0, 0.05) is 18.8 Å². The molecule has 2 N–H and O–H groups in total. The number of piperidine rings is 1. The van der Waals surface area contributed by atoms with E-state index in [2.05, 4.69) is 20.6 Å². The first-order chi connectivity index (χ1) is 7.84. The van der Waals surface area contributed by atoms with Gasteiger partial charge in [0.2, 0.25) is 5.91 Å². The molecule has 2 rings (SSSR count). The highest BCUT2D eigenvalue weighted by atomic mass is 16.1. The zero-order valence-corrected chi connectivity index (χ0v) is 9.15. The molecule has 1 saturated heterocycles. The van der Waals surface area contributed by atoms with Crippen molar-refractivity contribution in [3.05, 3.63) is 18.6 Å². The number of anilines is 1. The maximum Gasteiger partial charge on any atom is 0.225 e. The third-order valence-electron chi connectivity index (χ3n) is 2.70. The average Bonchev–Trinajstić information content (AvgIpc) is 2.31. The quantitative estimate of drug-likeness (QED) is 0.791. The SMILES string of the molecule is O=C(CC1CCCNC1)Nc1cnccn1. The highest BCUT2D eigenvalue weighted by Crippen LogP contribution is 2.14. The van der Waals surface area contributed by atoms with Crippen LogP contribution in [0, 0.1) is 5.92 Å². The molecule has 16 heavy (non-hydrogen) atoms. The van der Waals surface area contributed by atoms with E-state index in [0.29, 0.717) is 18.2 Å². The van der Waals surface area contributed by atoms with Crippen LogP contribution in [-0.4, -0.2) is 29.0 Å². The minimum atomic E-state index is 0.0224. The van der Waals surface area contributed by atoms with Crippen molar-refractivity contribution in [3.63, 3.8) is 0 Å². The molecule has 0 saturated carbocycles. The van der Waals surface area contributed by atoms with Gasteiger partial charge in [-0.1, -0.05) is 0 Å². The smallest absolute Gasteiger partial charge is 0.225 e. The second kappa shape index (κ2) is 5.55. The standard InChI is InChI=1S/C11H16N4O/c16-11(6-9-2-1-3-12-7-9)15-10-8-13-4-5-14-10/h4-5,8-9,12H,1-3,6-7H2,(H,14,15,16). The largest absolute Gasteiger partial charge is 0.316 e. The molecule has 1 fully saturated rings. The molecule has 0 aliphatic carbocycles. The summed E-state index contributed by atoms with van der Waals surface area (Å²) in [5, 5.41) is 6.04. The van der Waals surface area contributed by atoms with E-state index in [-0.39, 0.29) is 5.91 Å². The predicted molar refractivity (Wildman–Crippen MR) is 60.9 cm³/mol. The molecule has 1 unspecified atom stereocenters. The molecule has 1 atom stereocenters. The van der Waals surface area contributed by atoms with Crippen LogP contribution in [0.15, 0.2) is 18.6 Å². The van der Waals surface area contributed by atoms with Crippen LogP contribution >= 0.6 is 0 Å². The van der Waals surface area contributed by atoms with Crippen molar-refractivity contribution in [2.75, 3.05) is 18.4 Å². The summed E-state index contributed by atoms with van der Waals surface area (Å²) in [5.74, 6) is 0.996. The first kappa shape index (κ1) is 11.0. The van der Waals surface area contributed by atoms with E-state index < -0.39 is 0 Å². The molecule has 1 aromatic heterocycles. The number of amides is 1. The molecule has 0 bridgehead atoms. The Hall–Kier alpha value is -1.49. The summed E-state index contributed by atoms with van der Waals surface area (Å²) in [7, 11) is 0. The minimum absolute atomic E-state index is 0.0224. The van der Waals surface area contributed by atoms with Crippen LogP contribution in [-0.2, 0) is 4.79 Å². The van der Waals surface area contributed by atoms with Crippen molar-refractivity contribution < 1.29 is 4.79 Å². The number of nitrogens with zero attached hydrogens (tertiary/aromatic N) is 2. The molecule has 2 heterocycles. The number of hydrogen-bond acceptors (Lipinski definition) is 4. The van der Waals surface area contributed by atoms with E-state index in [1.807, 2.05) is 0 Å². The first-order valence-corrected chi connectivity index (χ1v) is 5.61. The van der Waals surface area contributed by atoms with Crippen LogP contribution in [0.1, 0.15) is 19.3 Å². The number of carbonyl (C=O) groups excluding carboxylic acids is 1. The molecule has 0 radical (unpaired) electrons. The monoisotopic (exact) mass is 220 g/mol. The van der Waals surface area contributed by atoms with Crippen LogP contribution in [0.25, 0.3) is 0 Å². The lowest BCUT2D eigenvalue weighted by atomic mass is 9.96. The molecular weight excluding hydrogens is 204 g/mol. The minimum Gasteiger partial charge on any atom is -0.316 e. The Balaban J connectivity index is 1.80. The highest BCUT2D eigenvalue weighted by molar-refractivity contribution is 5.89. The summed E-state index contributed by atoms with van der Waals surface area (Å²) in [6, 6.07) is 0. The van der Waals surface area contributed by atoms with Crippen molar-refractivity contribution in [2.24, 2.45) is 5.92 Å². The summed E-state index contributed by atoms with van der Waals surface area (Å²) in [4.78, 5) is 19.6. The molecule has 5 nitrogen and oxygen atoms in total. The molecule has 86 valence electrons.